The summed E-state index contributed by atoms with van der Waals surface area (Å²) < 4.78 is 5.22. The second kappa shape index (κ2) is 6.88. The highest BCUT2D eigenvalue weighted by molar-refractivity contribution is 5.80. The third-order valence-corrected chi connectivity index (χ3v) is 7.20. The van der Waals surface area contributed by atoms with E-state index in [2.05, 4.69) is 31.4 Å². The summed E-state index contributed by atoms with van der Waals surface area (Å²) in [4.78, 5) is 14.2. The van der Waals surface area contributed by atoms with Crippen LogP contribution >= 0.6 is 0 Å². The van der Waals surface area contributed by atoms with Crippen molar-refractivity contribution in [2.45, 2.75) is 63.6 Å². The molecule has 142 valence electrons. The Bertz CT molecular complexity index is 619. The number of amides is 1. The smallest absolute Gasteiger partial charge is 0.278 e. The fraction of sp³-hybridized carbons (Fsp3) is 0.682. The number of carbonyl (C=O) groups excluding carboxylic acids is 1. The van der Waals surface area contributed by atoms with Crippen LogP contribution in [0.3, 0.4) is 0 Å². The van der Waals surface area contributed by atoms with Crippen LogP contribution in [0.4, 0.5) is 0 Å². The number of ether oxygens (including phenoxy) is 1. The van der Waals surface area contributed by atoms with Crippen LogP contribution in [0.2, 0.25) is 0 Å². The van der Waals surface area contributed by atoms with Gasteiger partial charge in [0.05, 0.1) is 14.2 Å². The normalized spacial score (nSPS) is 34.3. The van der Waals surface area contributed by atoms with Gasteiger partial charge in [-0.2, -0.15) is 0 Å². The van der Waals surface area contributed by atoms with Crippen LogP contribution in [0, 0.1) is 17.8 Å². The average Bonchev–Trinajstić information content (AvgIpc) is 2.60. The van der Waals surface area contributed by atoms with Gasteiger partial charge in [-0.15, -0.1) is 0 Å². The molecule has 4 bridgehead atoms. The first-order valence-electron chi connectivity index (χ1n) is 10.2. The lowest BCUT2D eigenvalue weighted by Gasteiger charge is -2.57. The topological polar surface area (TPSA) is 42.8 Å². The fourth-order valence-corrected chi connectivity index (χ4v) is 6.08. The molecule has 4 heteroatoms. The van der Waals surface area contributed by atoms with Crippen LogP contribution in [0.15, 0.2) is 24.3 Å². The van der Waals surface area contributed by atoms with E-state index in [1.165, 1.54) is 49.0 Å². The number of hydrogen-bond acceptors (Lipinski definition) is 2. The first-order chi connectivity index (χ1) is 12.5. The molecule has 1 aromatic rings. The zero-order valence-corrected chi connectivity index (χ0v) is 16.4. The quantitative estimate of drug-likeness (QED) is 0.820. The van der Waals surface area contributed by atoms with Gasteiger partial charge in [0.15, 0.2) is 6.04 Å². The Hall–Kier alpha value is -1.55. The standard InChI is InChI=1S/C22H32N2O2/c1-15(24(2)14-16-4-6-20(26-3)7-5-16)21(25)23-22-11-17-8-18(12-22)10-19(9-17)13-22/h4-7,15,17-19H,8-14H2,1-3H3,(H,23,25)/p+1/t15-,17?,18?,19?,22?/m0/s1. The molecule has 4 fully saturated rings. The van der Waals surface area contributed by atoms with Gasteiger partial charge in [0.25, 0.3) is 5.91 Å². The summed E-state index contributed by atoms with van der Waals surface area (Å²) in [5.74, 6) is 3.70. The minimum atomic E-state index is -0.0369. The van der Waals surface area contributed by atoms with Crippen molar-refractivity contribution in [2.75, 3.05) is 14.2 Å². The first kappa shape index (κ1) is 17.8. The molecule has 0 saturated heterocycles. The number of rotatable bonds is 6. The Morgan fingerprint density at radius 3 is 2.19 bits per heavy atom. The number of quaternary nitrogens is 1. The lowest BCUT2D eigenvalue weighted by atomic mass is 9.53. The maximum Gasteiger partial charge on any atom is 0.278 e. The molecule has 4 saturated carbocycles. The number of methoxy groups -OCH3 is 1. The molecule has 0 spiro atoms. The van der Waals surface area contributed by atoms with Gasteiger partial charge < -0.3 is 15.0 Å². The second-order valence-electron chi connectivity index (χ2n) is 9.28. The predicted molar refractivity (Wildman–Crippen MR) is 102 cm³/mol. The van der Waals surface area contributed by atoms with Crippen molar-refractivity contribution < 1.29 is 14.4 Å². The van der Waals surface area contributed by atoms with Gasteiger partial charge in [-0.25, -0.2) is 0 Å². The fourth-order valence-electron chi connectivity index (χ4n) is 6.08. The summed E-state index contributed by atoms with van der Waals surface area (Å²) in [5, 5.41) is 3.53. The van der Waals surface area contributed by atoms with E-state index < -0.39 is 0 Å². The highest BCUT2D eigenvalue weighted by atomic mass is 16.5. The Morgan fingerprint density at radius 2 is 1.69 bits per heavy atom. The molecular formula is C22H33N2O2+. The molecule has 1 unspecified atom stereocenters. The van der Waals surface area contributed by atoms with Gasteiger partial charge in [0, 0.05) is 11.1 Å². The summed E-state index contributed by atoms with van der Waals surface area (Å²) in [6.07, 6.45) is 7.88. The largest absolute Gasteiger partial charge is 0.497 e. The molecule has 5 rings (SSSR count). The molecule has 2 atom stereocenters. The Kier molecular flexibility index (Phi) is 4.72. The van der Waals surface area contributed by atoms with E-state index in [0.29, 0.717) is 0 Å². The van der Waals surface area contributed by atoms with Crippen molar-refractivity contribution in [2.24, 2.45) is 17.8 Å². The van der Waals surface area contributed by atoms with Crippen molar-refractivity contribution in [3.05, 3.63) is 29.8 Å². The monoisotopic (exact) mass is 357 g/mol. The van der Waals surface area contributed by atoms with Gasteiger partial charge >= 0.3 is 0 Å². The third kappa shape index (κ3) is 3.48. The molecule has 0 heterocycles. The summed E-state index contributed by atoms with van der Waals surface area (Å²) in [6.45, 7) is 2.91. The van der Waals surface area contributed by atoms with Gasteiger partial charge in [0.2, 0.25) is 0 Å². The van der Waals surface area contributed by atoms with Crippen molar-refractivity contribution >= 4 is 5.91 Å². The molecule has 1 amide bonds. The highest BCUT2D eigenvalue weighted by Crippen LogP contribution is 2.55. The molecule has 4 aliphatic carbocycles. The van der Waals surface area contributed by atoms with E-state index >= 15 is 0 Å². The maximum atomic E-state index is 13.0. The zero-order chi connectivity index (χ0) is 18.3. The minimum Gasteiger partial charge on any atom is -0.497 e. The number of benzene rings is 1. The molecular weight excluding hydrogens is 324 g/mol. The second-order valence-corrected chi connectivity index (χ2v) is 9.28. The number of hydrogen-bond donors (Lipinski definition) is 2. The van der Waals surface area contributed by atoms with Crippen molar-refractivity contribution in [3.8, 4) is 5.75 Å². The summed E-state index contributed by atoms with van der Waals surface area (Å²) >= 11 is 0. The summed E-state index contributed by atoms with van der Waals surface area (Å²) in [7, 11) is 3.80. The van der Waals surface area contributed by atoms with E-state index in [0.717, 1.165) is 30.0 Å². The van der Waals surface area contributed by atoms with Gasteiger partial charge in [0.1, 0.15) is 12.3 Å². The summed E-state index contributed by atoms with van der Waals surface area (Å²) in [6, 6.07) is 8.12. The predicted octanol–water partition coefficient (Wildman–Crippen LogP) is 2.18. The van der Waals surface area contributed by atoms with Crippen LogP contribution in [-0.4, -0.2) is 31.6 Å². The van der Waals surface area contributed by atoms with Crippen molar-refractivity contribution in [1.82, 2.24) is 5.32 Å². The van der Waals surface area contributed by atoms with Crippen LogP contribution in [0.25, 0.3) is 0 Å². The molecule has 0 radical (unpaired) electrons. The van der Waals surface area contributed by atoms with E-state index in [9.17, 15) is 4.79 Å². The molecule has 4 aliphatic rings. The zero-order valence-electron chi connectivity index (χ0n) is 16.4. The van der Waals surface area contributed by atoms with Crippen LogP contribution in [-0.2, 0) is 11.3 Å². The van der Waals surface area contributed by atoms with E-state index in [1.54, 1.807) is 7.11 Å². The van der Waals surface area contributed by atoms with Crippen LogP contribution in [0.1, 0.15) is 51.0 Å². The van der Waals surface area contributed by atoms with E-state index in [4.69, 9.17) is 4.74 Å². The SMILES string of the molecule is COc1ccc(C[NH+](C)[C@@H](C)C(=O)NC23CC4CC(CC(C4)C2)C3)cc1. The molecule has 0 aromatic heterocycles. The Labute approximate surface area is 157 Å². The third-order valence-electron chi connectivity index (χ3n) is 7.20. The van der Waals surface area contributed by atoms with Gasteiger partial charge in [-0.05, 0) is 87.5 Å². The Balaban J connectivity index is 1.36. The lowest BCUT2D eigenvalue weighted by molar-refractivity contribution is -0.908. The van der Waals surface area contributed by atoms with E-state index in [-0.39, 0.29) is 17.5 Å². The van der Waals surface area contributed by atoms with Crippen molar-refractivity contribution in [3.63, 3.8) is 0 Å². The molecule has 1 aromatic carbocycles. The first-order valence-corrected chi connectivity index (χ1v) is 10.2. The van der Waals surface area contributed by atoms with Gasteiger partial charge in [-0.1, -0.05) is 0 Å². The number of likely N-dealkylation sites (N-methyl/N-ethyl adjacent to an activating group) is 1. The highest BCUT2D eigenvalue weighted by Gasteiger charge is 2.52. The molecule has 0 aliphatic heterocycles. The van der Waals surface area contributed by atoms with Crippen LogP contribution in [0.5, 0.6) is 5.75 Å². The van der Waals surface area contributed by atoms with Crippen LogP contribution < -0.4 is 15.0 Å². The minimum absolute atomic E-state index is 0.0369. The molecule has 4 nitrogen and oxygen atoms in total. The molecule has 26 heavy (non-hydrogen) atoms. The molecule has 2 N–H and O–H groups in total. The van der Waals surface area contributed by atoms with Crippen molar-refractivity contribution in [1.29, 1.82) is 0 Å². The number of nitrogens with one attached hydrogen (secondary N) is 2. The summed E-state index contributed by atoms with van der Waals surface area (Å²) in [5.41, 5.74) is 1.35. The van der Waals surface area contributed by atoms with Gasteiger partial charge in [-0.3, -0.25) is 4.79 Å². The number of carbonyl (C=O) groups is 1. The maximum absolute atomic E-state index is 13.0. The van der Waals surface area contributed by atoms with E-state index in [1.807, 2.05) is 12.1 Å². The lowest BCUT2D eigenvalue weighted by Crippen LogP contribution is -3.12. The average molecular weight is 358 g/mol. The Morgan fingerprint density at radius 1 is 1.15 bits per heavy atom.